The van der Waals surface area contributed by atoms with E-state index in [1.807, 2.05) is 48.6 Å². The molecule has 1 atom stereocenters. The third-order valence-corrected chi connectivity index (χ3v) is 4.54. The van der Waals surface area contributed by atoms with E-state index in [0.717, 1.165) is 30.6 Å². The predicted octanol–water partition coefficient (Wildman–Crippen LogP) is 6.00. The summed E-state index contributed by atoms with van der Waals surface area (Å²) in [5.41, 5.74) is 0.968. The molecule has 0 aliphatic carbocycles. The molecule has 1 aromatic carbocycles. The topological polar surface area (TPSA) is 66.8 Å². The summed E-state index contributed by atoms with van der Waals surface area (Å²) in [6.45, 7) is 2.72. The maximum atomic E-state index is 10.5. The quantitative estimate of drug-likeness (QED) is 0.269. The van der Waals surface area contributed by atoms with Crippen molar-refractivity contribution in [1.29, 1.82) is 0 Å². The molecular formula is C24H36O4. The first-order chi connectivity index (χ1) is 13.6. The summed E-state index contributed by atoms with van der Waals surface area (Å²) < 4.78 is 5.77. The summed E-state index contributed by atoms with van der Waals surface area (Å²) in [4.78, 5) is 10.5. The van der Waals surface area contributed by atoms with Crippen molar-refractivity contribution >= 4 is 12.0 Å². The van der Waals surface area contributed by atoms with Crippen LogP contribution >= 0.6 is 0 Å². The van der Waals surface area contributed by atoms with Crippen molar-refractivity contribution in [3.8, 4) is 5.75 Å². The lowest BCUT2D eigenvalue weighted by Gasteiger charge is -2.08. The molecule has 0 aliphatic rings. The largest absolute Gasteiger partial charge is 0.493 e. The highest BCUT2D eigenvalue weighted by molar-refractivity contribution is 5.66. The van der Waals surface area contributed by atoms with Gasteiger partial charge < -0.3 is 14.9 Å². The summed E-state index contributed by atoms with van der Waals surface area (Å²) in [7, 11) is 0. The number of para-hydroxylation sites is 1. The van der Waals surface area contributed by atoms with Crippen molar-refractivity contribution < 1.29 is 19.7 Å². The van der Waals surface area contributed by atoms with Gasteiger partial charge in [0, 0.05) is 12.0 Å². The van der Waals surface area contributed by atoms with Gasteiger partial charge in [-0.1, -0.05) is 88.0 Å². The van der Waals surface area contributed by atoms with Crippen molar-refractivity contribution in [1.82, 2.24) is 0 Å². The fourth-order valence-corrected chi connectivity index (χ4v) is 2.89. The van der Waals surface area contributed by atoms with Crippen molar-refractivity contribution in [2.24, 2.45) is 0 Å². The Morgan fingerprint density at radius 1 is 1.04 bits per heavy atom. The number of carboxylic acids is 1. The van der Waals surface area contributed by atoms with E-state index in [2.05, 4.69) is 6.92 Å². The van der Waals surface area contributed by atoms with Crippen LogP contribution in [0.15, 0.2) is 42.5 Å². The molecule has 0 bridgehead atoms. The minimum absolute atomic E-state index is 0.177. The Balaban J connectivity index is 2.32. The molecule has 1 rings (SSSR count). The van der Waals surface area contributed by atoms with Gasteiger partial charge in [0.1, 0.15) is 5.75 Å². The second kappa shape index (κ2) is 15.9. The number of ether oxygens (including phenoxy) is 1. The third-order valence-electron chi connectivity index (χ3n) is 4.54. The van der Waals surface area contributed by atoms with E-state index in [4.69, 9.17) is 9.84 Å². The molecular weight excluding hydrogens is 352 g/mol. The minimum atomic E-state index is -0.770. The first-order valence-electron chi connectivity index (χ1n) is 10.6. The van der Waals surface area contributed by atoms with E-state index < -0.39 is 12.1 Å². The van der Waals surface area contributed by atoms with Gasteiger partial charge in [0.25, 0.3) is 0 Å². The van der Waals surface area contributed by atoms with Crippen molar-refractivity contribution in [2.75, 3.05) is 6.61 Å². The van der Waals surface area contributed by atoms with Crippen LogP contribution in [0.2, 0.25) is 0 Å². The number of rotatable bonds is 16. The molecule has 4 heteroatoms. The zero-order valence-corrected chi connectivity index (χ0v) is 17.2. The van der Waals surface area contributed by atoms with Gasteiger partial charge in [-0.3, -0.25) is 4.79 Å². The van der Waals surface area contributed by atoms with E-state index in [1.54, 1.807) is 0 Å². The Hall–Kier alpha value is -2.07. The summed E-state index contributed by atoms with van der Waals surface area (Å²) in [5.74, 6) is 0.0175. The number of aliphatic hydroxyl groups excluding tert-OH is 1. The lowest BCUT2D eigenvalue weighted by Crippen LogP contribution is -2.01. The molecule has 0 saturated heterocycles. The maximum absolute atomic E-state index is 10.5. The lowest BCUT2D eigenvalue weighted by atomic mass is 10.1. The van der Waals surface area contributed by atoms with Gasteiger partial charge in [0.2, 0.25) is 0 Å². The van der Waals surface area contributed by atoms with Crippen molar-refractivity contribution in [2.45, 2.75) is 77.2 Å². The first kappa shape index (κ1) is 24.0. The molecule has 0 spiro atoms. The summed E-state index contributed by atoms with van der Waals surface area (Å²) in [6, 6.07) is 7.76. The average Bonchev–Trinajstić information content (AvgIpc) is 2.68. The normalized spacial score (nSPS) is 12.6. The highest BCUT2D eigenvalue weighted by atomic mass is 16.5. The molecule has 4 nitrogen and oxygen atoms in total. The molecule has 0 heterocycles. The fourth-order valence-electron chi connectivity index (χ4n) is 2.89. The van der Waals surface area contributed by atoms with Crippen LogP contribution in [-0.2, 0) is 4.79 Å². The molecule has 1 unspecified atom stereocenters. The van der Waals surface area contributed by atoms with Gasteiger partial charge in [0.15, 0.2) is 0 Å². The number of hydrogen-bond acceptors (Lipinski definition) is 3. The van der Waals surface area contributed by atoms with Gasteiger partial charge in [0.05, 0.1) is 12.7 Å². The predicted molar refractivity (Wildman–Crippen MR) is 116 cm³/mol. The summed E-state index contributed by atoms with van der Waals surface area (Å²) in [5, 5.41) is 18.7. The number of allylic oxidation sites excluding steroid dienone is 2. The second-order valence-electron chi connectivity index (χ2n) is 7.10. The highest BCUT2D eigenvalue weighted by Crippen LogP contribution is 2.20. The maximum Gasteiger partial charge on any atom is 0.303 e. The molecule has 0 radical (unpaired) electrons. The van der Waals surface area contributed by atoms with Crippen LogP contribution in [0.25, 0.3) is 6.08 Å². The van der Waals surface area contributed by atoms with Gasteiger partial charge in [-0.25, -0.2) is 0 Å². The number of benzene rings is 1. The Morgan fingerprint density at radius 2 is 1.79 bits per heavy atom. The van der Waals surface area contributed by atoms with E-state index >= 15 is 0 Å². The van der Waals surface area contributed by atoms with E-state index in [0.29, 0.717) is 13.0 Å². The Morgan fingerprint density at radius 3 is 2.57 bits per heavy atom. The molecule has 0 saturated carbocycles. The van der Waals surface area contributed by atoms with E-state index in [-0.39, 0.29) is 6.42 Å². The van der Waals surface area contributed by atoms with Gasteiger partial charge in [-0.05, 0) is 25.3 Å². The molecule has 156 valence electrons. The molecule has 28 heavy (non-hydrogen) atoms. The molecule has 2 N–H and O–H groups in total. The smallest absolute Gasteiger partial charge is 0.303 e. The molecule has 0 aromatic heterocycles. The van der Waals surface area contributed by atoms with Crippen LogP contribution in [0.1, 0.15) is 76.7 Å². The van der Waals surface area contributed by atoms with Gasteiger partial charge >= 0.3 is 5.97 Å². The van der Waals surface area contributed by atoms with Crippen LogP contribution in [0, 0.1) is 0 Å². The second-order valence-corrected chi connectivity index (χ2v) is 7.10. The molecule has 0 aliphatic heterocycles. The third kappa shape index (κ3) is 12.3. The number of aliphatic hydroxyl groups is 1. The Labute approximate surface area is 169 Å². The summed E-state index contributed by atoms with van der Waals surface area (Å²) >= 11 is 0. The minimum Gasteiger partial charge on any atom is -0.493 e. The zero-order chi connectivity index (χ0) is 20.5. The van der Waals surface area contributed by atoms with Crippen LogP contribution in [0.5, 0.6) is 5.75 Å². The molecule has 0 amide bonds. The van der Waals surface area contributed by atoms with Crippen LogP contribution in [-0.4, -0.2) is 28.9 Å². The van der Waals surface area contributed by atoms with Crippen LogP contribution in [0.4, 0.5) is 0 Å². The monoisotopic (exact) mass is 388 g/mol. The van der Waals surface area contributed by atoms with Crippen LogP contribution < -0.4 is 4.74 Å². The Kier molecular flexibility index (Phi) is 13.6. The van der Waals surface area contributed by atoms with E-state index in [9.17, 15) is 9.90 Å². The van der Waals surface area contributed by atoms with Gasteiger partial charge in [-0.15, -0.1) is 0 Å². The van der Waals surface area contributed by atoms with E-state index in [1.165, 1.54) is 32.1 Å². The van der Waals surface area contributed by atoms with Crippen molar-refractivity contribution in [3.63, 3.8) is 0 Å². The first-order valence-corrected chi connectivity index (χ1v) is 10.6. The SMILES string of the molecule is CCCCCCCCC(O)C=CC=Cc1ccccc1OCCCCC(=O)O. The molecule has 1 aromatic rings. The fraction of sp³-hybridized carbons (Fsp3) is 0.542. The lowest BCUT2D eigenvalue weighted by molar-refractivity contribution is -0.137. The Bertz CT molecular complexity index is 592. The standard InChI is InChI=1S/C24H36O4/c1-2-3-4-5-6-7-16-22(25)17-10-8-14-21-15-9-11-18-23(21)28-20-13-12-19-24(26)27/h8-11,14-15,17-18,22,25H,2-7,12-13,16,19-20H2,1H3,(H,26,27). The highest BCUT2D eigenvalue weighted by Gasteiger charge is 2.01. The zero-order valence-electron chi connectivity index (χ0n) is 17.2. The van der Waals surface area contributed by atoms with Gasteiger partial charge in [-0.2, -0.15) is 0 Å². The number of aliphatic carboxylic acids is 1. The summed E-state index contributed by atoms with van der Waals surface area (Å²) in [6.07, 6.45) is 16.9. The number of unbranched alkanes of at least 4 members (excludes halogenated alkanes) is 6. The number of hydrogen-bond donors (Lipinski definition) is 2. The van der Waals surface area contributed by atoms with Crippen LogP contribution in [0.3, 0.4) is 0 Å². The van der Waals surface area contributed by atoms with Crippen molar-refractivity contribution in [3.05, 3.63) is 48.1 Å². The molecule has 0 fully saturated rings. The number of carboxylic acid groups (broad SMARTS) is 1. The number of carbonyl (C=O) groups is 1. The average molecular weight is 389 g/mol.